The standard InChI is InChI=1S/C13H19N5.ClH/c14-12(15)18-13(16)17-8-9-5-6-10-3-1-2-4-11(10)7-9;/h5-7H,1-4,8H2,(H6,14,15,16,17,18);1H. The highest BCUT2D eigenvalue weighted by Gasteiger charge is 2.09. The van der Waals surface area contributed by atoms with E-state index in [9.17, 15) is 0 Å². The second-order valence-electron chi connectivity index (χ2n) is 4.52. The lowest BCUT2D eigenvalue weighted by atomic mass is 9.90. The average Bonchev–Trinajstić information content (AvgIpc) is 2.35. The summed E-state index contributed by atoms with van der Waals surface area (Å²) in [5, 5.41) is 0. The summed E-state index contributed by atoms with van der Waals surface area (Å²) >= 11 is 0. The Morgan fingerprint density at radius 2 is 1.74 bits per heavy atom. The van der Waals surface area contributed by atoms with Gasteiger partial charge in [-0.15, -0.1) is 12.4 Å². The molecule has 0 unspecified atom stereocenters. The Morgan fingerprint density at radius 1 is 1.05 bits per heavy atom. The zero-order valence-corrected chi connectivity index (χ0v) is 11.6. The van der Waals surface area contributed by atoms with Crippen LogP contribution in [0.3, 0.4) is 0 Å². The van der Waals surface area contributed by atoms with E-state index in [1.165, 1.54) is 30.4 Å². The molecule has 1 aliphatic carbocycles. The molecule has 0 amide bonds. The van der Waals surface area contributed by atoms with Gasteiger partial charge in [0.05, 0.1) is 6.54 Å². The van der Waals surface area contributed by atoms with Gasteiger partial charge in [-0.05, 0) is 42.4 Å². The molecule has 1 aliphatic rings. The Labute approximate surface area is 119 Å². The monoisotopic (exact) mass is 281 g/mol. The second-order valence-corrected chi connectivity index (χ2v) is 4.52. The van der Waals surface area contributed by atoms with E-state index in [0.29, 0.717) is 6.54 Å². The number of halogens is 1. The van der Waals surface area contributed by atoms with Crippen molar-refractivity contribution < 1.29 is 0 Å². The maximum absolute atomic E-state index is 5.56. The van der Waals surface area contributed by atoms with E-state index in [0.717, 1.165) is 12.0 Å². The van der Waals surface area contributed by atoms with Crippen LogP contribution in [0.25, 0.3) is 0 Å². The first kappa shape index (κ1) is 15.3. The third kappa shape index (κ3) is 4.44. The van der Waals surface area contributed by atoms with Gasteiger partial charge in [-0.2, -0.15) is 4.99 Å². The third-order valence-corrected chi connectivity index (χ3v) is 3.08. The van der Waals surface area contributed by atoms with Crippen molar-refractivity contribution >= 4 is 24.3 Å². The van der Waals surface area contributed by atoms with Gasteiger partial charge >= 0.3 is 0 Å². The normalized spacial score (nSPS) is 14.2. The van der Waals surface area contributed by atoms with Crippen LogP contribution in [-0.2, 0) is 19.4 Å². The molecule has 6 N–H and O–H groups in total. The number of nitrogens with two attached hydrogens (primary N) is 3. The van der Waals surface area contributed by atoms with Crippen LogP contribution in [0.5, 0.6) is 0 Å². The van der Waals surface area contributed by atoms with Gasteiger partial charge in [-0.1, -0.05) is 18.2 Å². The number of nitrogens with zero attached hydrogens (tertiary/aromatic N) is 2. The predicted molar refractivity (Wildman–Crippen MR) is 81.5 cm³/mol. The van der Waals surface area contributed by atoms with Gasteiger partial charge < -0.3 is 17.2 Å². The van der Waals surface area contributed by atoms with Crippen molar-refractivity contribution in [2.75, 3.05) is 0 Å². The van der Waals surface area contributed by atoms with Gasteiger partial charge in [0.1, 0.15) is 0 Å². The van der Waals surface area contributed by atoms with Crippen LogP contribution < -0.4 is 17.2 Å². The summed E-state index contributed by atoms with van der Waals surface area (Å²) < 4.78 is 0. The quantitative estimate of drug-likeness (QED) is 0.558. The first-order valence-corrected chi connectivity index (χ1v) is 6.15. The Balaban J connectivity index is 0.00000180. The van der Waals surface area contributed by atoms with Crippen LogP contribution in [0.2, 0.25) is 0 Å². The maximum Gasteiger partial charge on any atom is 0.218 e. The largest absolute Gasteiger partial charge is 0.370 e. The van der Waals surface area contributed by atoms with E-state index in [4.69, 9.17) is 17.2 Å². The molecular weight excluding hydrogens is 262 g/mol. The molecule has 0 saturated carbocycles. The number of fused-ring (bicyclic) bond motifs is 1. The van der Waals surface area contributed by atoms with E-state index < -0.39 is 0 Å². The minimum atomic E-state index is -0.0679. The van der Waals surface area contributed by atoms with Crippen LogP contribution in [0.1, 0.15) is 29.5 Å². The molecule has 19 heavy (non-hydrogen) atoms. The van der Waals surface area contributed by atoms with Crippen LogP contribution in [-0.4, -0.2) is 11.9 Å². The molecule has 1 aromatic carbocycles. The lowest BCUT2D eigenvalue weighted by molar-refractivity contribution is 0.684. The molecule has 0 atom stereocenters. The van der Waals surface area contributed by atoms with Crippen LogP contribution in [0, 0.1) is 0 Å². The molecule has 0 saturated heterocycles. The van der Waals surface area contributed by atoms with Crippen molar-refractivity contribution in [2.24, 2.45) is 27.2 Å². The summed E-state index contributed by atoms with van der Waals surface area (Å²) in [5.41, 5.74) is 20.0. The van der Waals surface area contributed by atoms with Gasteiger partial charge in [0.25, 0.3) is 0 Å². The molecule has 0 radical (unpaired) electrons. The van der Waals surface area contributed by atoms with Crippen LogP contribution in [0.4, 0.5) is 0 Å². The van der Waals surface area contributed by atoms with Crippen molar-refractivity contribution in [3.63, 3.8) is 0 Å². The predicted octanol–water partition coefficient (Wildman–Crippen LogP) is 1.08. The van der Waals surface area contributed by atoms with Crippen molar-refractivity contribution in [3.05, 3.63) is 34.9 Å². The number of hydrogen-bond acceptors (Lipinski definition) is 1. The van der Waals surface area contributed by atoms with E-state index in [-0.39, 0.29) is 24.3 Å². The van der Waals surface area contributed by atoms with Gasteiger partial charge in [0.2, 0.25) is 5.96 Å². The molecule has 0 fully saturated rings. The summed E-state index contributed by atoms with van der Waals surface area (Å²) in [7, 11) is 0. The number of hydrogen-bond donors (Lipinski definition) is 3. The summed E-state index contributed by atoms with van der Waals surface area (Å²) in [6.45, 7) is 0.510. The van der Waals surface area contributed by atoms with E-state index in [1.54, 1.807) is 0 Å². The molecule has 0 heterocycles. The SMILES string of the molecule is Cl.NC(N)=NC(N)=NCc1ccc2c(c1)CCCC2. The molecule has 5 nitrogen and oxygen atoms in total. The lowest BCUT2D eigenvalue weighted by Gasteiger charge is -2.16. The van der Waals surface area contributed by atoms with Crippen molar-refractivity contribution in [1.82, 2.24) is 0 Å². The number of rotatable bonds is 2. The van der Waals surface area contributed by atoms with Gasteiger partial charge in [0.15, 0.2) is 5.96 Å². The Bertz CT molecular complexity index is 492. The van der Waals surface area contributed by atoms with Crippen LogP contribution in [0.15, 0.2) is 28.2 Å². The molecule has 2 rings (SSSR count). The highest BCUT2D eigenvalue weighted by molar-refractivity contribution is 5.92. The zero-order valence-electron chi connectivity index (χ0n) is 10.8. The number of benzene rings is 1. The molecule has 104 valence electrons. The Hall–Kier alpha value is -1.75. The fraction of sp³-hybridized carbons (Fsp3) is 0.385. The molecule has 0 spiro atoms. The maximum atomic E-state index is 5.56. The van der Waals surface area contributed by atoms with Gasteiger partial charge in [-0.25, -0.2) is 4.99 Å². The number of aryl methyl sites for hydroxylation is 2. The van der Waals surface area contributed by atoms with E-state index >= 15 is 0 Å². The molecular formula is C13H20ClN5. The van der Waals surface area contributed by atoms with Crippen molar-refractivity contribution in [2.45, 2.75) is 32.2 Å². The van der Waals surface area contributed by atoms with Crippen LogP contribution >= 0.6 is 12.4 Å². The smallest absolute Gasteiger partial charge is 0.218 e. The lowest BCUT2D eigenvalue weighted by Crippen LogP contribution is -2.26. The van der Waals surface area contributed by atoms with Crippen molar-refractivity contribution in [1.29, 1.82) is 0 Å². The van der Waals surface area contributed by atoms with E-state index in [2.05, 4.69) is 28.2 Å². The third-order valence-electron chi connectivity index (χ3n) is 3.08. The first-order valence-electron chi connectivity index (χ1n) is 6.15. The average molecular weight is 282 g/mol. The first-order chi connectivity index (χ1) is 8.65. The second kappa shape index (κ2) is 6.99. The molecule has 0 aliphatic heterocycles. The molecule has 1 aromatic rings. The zero-order chi connectivity index (χ0) is 13.0. The summed E-state index contributed by atoms with van der Waals surface area (Å²) in [6, 6.07) is 6.49. The number of aliphatic imine (C=N–C) groups is 2. The fourth-order valence-corrected chi connectivity index (χ4v) is 2.23. The molecule has 0 aromatic heterocycles. The van der Waals surface area contributed by atoms with Gasteiger partial charge in [0, 0.05) is 0 Å². The summed E-state index contributed by atoms with van der Waals surface area (Å²) in [4.78, 5) is 7.81. The Kier molecular flexibility index (Phi) is 5.63. The minimum absolute atomic E-state index is 0. The summed E-state index contributed by atoms with van der Waals surface area (Å²) in [5.74, 6) is 0.0504. The van der Waals surface area contributed by atoms with Gasteiger partial charge in [-0.3, -0.25) is 0 Å². The highest BCUT2D eigenvalue weighted by Crippen LogP contribution is 2.22. The molecule has 6 heteroatoms. The summed E-state index contributed by atoms with van der Waals surface area (Å²) in [6.07, 6.45) is 4.92. The fourth-order valence-electron chi connectivity index (χ4n) is 2.23. The highest BCUT2D eigenvalue weighted by atomic mass is 35.5. The minimum Gasteiger partial charge on any atom is -0.370 e. The topological polar surface area (TPSA) is 103 Å². The number of guanidine groups is 2. The Morgan fingerprint density at radius 3 is 2.42 bits per heavy atom. The van der Waals surface area contributed by atoms with E-state index in [1.807, 2.05) is 0 Å². The molecule has 0 bridgehead atoms. The van der Waals surface area contributed by atoms with Crippen molar-refractivity contribution in [3.8, 4) is 0 Å².